The van der Waals surface area contributed by atoms with E-state index >= 15 is 0 Å². The van der Waals surface area contributed by atoms with Gasteiger partial charge >= 0.3 is 5.97 Å². The van der Waals surface area contributed by atoms with Gasteiger partial charge in [0.15, 0.2) is 5.78 Å². The Morgan fingerprint density at radius 3 is 2.81 bits per heavy atom. The fraction of sp³-hybridized carbons (Fsp3) is 0.565. The van der Waals surface area contributed by atoms with Crippen molar-refractivity contribution >= 4 is 11.8 Å². The van der Waals surface area contributed by atoms with Crippen LogP contribution in [0.5, 0.6) is 0 Å². The molecule has 0 unspecified atom stereocenters. The first-order valence-corrected chi connectivity index (χ1v) is 9.79. The van der Waals surface area contributed by atoms with Crippen LogP contribution in [0.1, 0.15) is 52.9 Å². The van der Waals surface area contributed by atoms with Crippen LogP contribution in [-0.4, -0.2) is 18.4 Å². The molecule has 0 bridgehead atoms. The van der Waals surface area contributed by atoms with Crippen LogP contribution in [0.4, 0.5) is 0 Å². The van der Waals surface area contributed by atoms with Gasteiger partial charge in [0.25, 0.3) is 0 Å². The Balaban J connectivity index is 1.60. The Hall–Kier alpha value is -1.90. The summed E-state index contributed by atoms with van der Waals surface area (Å²) in [6.45, 7) is 6.63. The highest BCUT2D eigenvalue weighted by Gasteiger charge is 2.52. The molecule has 0 aromatic heterocycles. The molecular weight excluding hydrogens is 324 g/mol. The minimum Gasteiger partial charge on any atom is -0.466 e. The molecule has 0 heterocycles. The van der Waals surface area contributed by atoms with Gasteiger partial charge in [0.1, 0.15) is 0 Å². The van der Waals surface area contributed by atoms with Crippen molar-refractivity contribution in [2.45, 2.75) is 52.9 Å². The second kappa shape index (κ2) is 6.07. The van der Waals surface area contributed by atoms with Crippen LogP contribution in [0.2, 0.25) is 0 Å². The Bertz CT molecular complexity index is 781. The Morgan fingerprint density at radius 1 is 1.23 bits per heavy atom. The van der Waals surface area contributed by atoms with Crippen molar-refractivity contribution in [3.8, 4) is 0 Å². The number of hydrogen-bond donors (Lipinski definition) is 0. The summed E-state index contributed by atoms with van der Waals surface area (Å²) >= 11 is 0. The fourth-order valence-corrected chi connectivity index (χ4v) is 5.79. The summed E-state index contributed by atoms with van der Waals surface area (Å²) in [6.07, 6.45) is 15.7. The second-order valence-electron chi connectivity index (χ2n) is 8.69. The minimum absolute atomic E-state index is 0.0708. The normalized spacial score (nSPS) is 37.8. The molecule has 4 aliphatic carbocycles. The molecule has 0 saturated heterocycles. The van der Waals surface area contributed by atoms with E-state index in [1.165, 1.54) is 23.6 Å². The molecule has 0 radical (unpaired) electrons. The number of fused-ring (bicyclic) bond motifs is 5. The lowest BCUT2D eigenvalue weighted by molar-refractivity contribution is -0.140. The zero-order chi connectivity index (χ0) is 18.5. The first kappa shape index (κ1) is 17.5. The van der Waals surface area contributed by atoms with Gasteiger partial charge in [0.2, 0.25) is 0 Å². The number of hydrogen-bond acceptors (Lipinski definition) is 3. The summed E-state index contributed by atoms with van der Waals surface area (Å²) in [5.41, 5.74) is 4.37. The predicted molar refractivity (Wildman–Crippen MR) is 101 cm³/mol. The fourth-order valence-electron chi connectivity index (χ4n) is 5.79. The van der Waals surface area contributed by atoms with Crippen LogP contribution < -0.4 is 0 Å². The maximum atomic E-state index is 11.9. The molecule has 0 fully saturated rings. The van der Waals surface area contributed by atoms with Crippen molar-refractivity contribution < 1.29 is 14.3 Å². The molecule has 0 N–H and O–H groups in total. The molecule has 3 heteroatoms. The number of allylic oxidation sites excluding steroid dienone is 7. The molecule has 0 saturated carbocycles. The third-order valence-corrected chi connectivity index (χ3v) is 7.33. The third-order valence-electron chi connectivity index (χ3n) is 7.33. The zero-order valence-electron chi connectivity index (χ0n) is 16.0. The van der Waals surface area contributed by atoms with Gasteiger partial charge in [-0.3, -0.25) is 9.59 Å². The topological polar surface area (TPSA) is 43.4 Å². The first-order valence-electron chi connectivity index (χ1n) is 9.79. The van der Waals surface area contributed by atoms with E-state index < -0.39 is 0 Å². The number of esters is 1. The highest BCUT2D eigenvalue weighted by Crippen LogP contribution is 2.61. The first-order chi connectivity index (χ1) is 12.3. The molecule has 0 spiro atoms. The quantitative estimate of drug-likeness (QED) is 0.546. The molecule has 0 aromatic carbocycles. The average molecular weight is 352 g/mol. The van der Waals surface area contributed by atoms with Gasteiger partial charge in [-0.1, -0.05) is 47.9 Å². The lowest BCUT2D eigenvalue weighted by atomic mass is 9.53. The highest BCUT2D eigenvalue weighted by molar-refractivity contribution is 5.93. The molecule has 4 aliphatic rings. The smallest absolute Gasteiger partial charge is 0.302 e. The van der Waals surface area contributed by atoms with Gasteiger partial charge < -0.3 is 4.74 Å². The van der Waals surface area contributed by atoms with Gasteiger partial charge in [0.05, 0.1) is 6.61 Å². The van der Waals surface area contributed by atoms with E-state index in [0.717, 1.165) is 25.7 Å². The van der Waals surface area contributed by atoms with Gasteiger partial charge in [0, 0.05) is 25.2 Å². The number of carbonyl (C=O) groups is 2. The molecule has 0 amide bonds. The minimum atomic E-state index is -0.201. The molecule has 0 aliphatic heterocycles. The van der Waals surface area contributed by atoms with E-state index in [2.05, 4.69) is 38.2 Å². The van der Waals surface area contributed by atoms with Gasteiger partial charge in [-0.05, 0) is 49.5 Å². The average Bonchev–Trinajstić information content (AvgIpc) is 2.92. The monoisotopic (exact) mass is 352 g/mol. The van der Waals surface area contributed by atoms with Gasteiger partial charge in [-0.25, -0.2) is 0 Å². The van der Waals surface area contributed by atoms with Crippen molar-refractivity contribution in [1.29, 1.82) is 0 Å². The van der Waals surface area contributed by atoms with Crippen molar-refractivity contribution in [1.82, 2.24) is 0 Å². The predicted octanol–water partition coefficient (Wildman–Crippen LogP) is 4.70. The number of carbonyl (C=O) groups excluding carboxylic acids is 2. The second-order valence-corrected chi connectivity index (χ2v) is 8.69. The van der Waals surface area contributed by atoms with Crippen molar-refractivity contribution in [3.05, 3.63) is 47.1 Å². The van der Waals surface area contributed by atoms with Crippen LogP contribution in [0.15, 0.2) is 47.1 Å². The van der Waals surface area contributed by atoms with E-state index in [1.54, 1.807) is 6.08 Å². The Morgan fingerprint density at radius 2 is 2.04 bits per heavy atom. The van der Waals surface area contributed by atoms with Crippen molar-refractivity contribution in [2.24, 2.45) is 22.7 Å². The molecule has 3 nitrogen and oxygen atoms in total. The van der Waals surface area contributed by atoms with Crippen molar-refractivity contribution in [3.63, 3.8) is 0 Å². The van der Waals surface area contributed by atoms with E-state index in [-0.39, 0.29) is 22.6 Å². The summed E-state index contributed by atoms with van der Waals surface area (Å²) in [5, 5.41) is 0. The van der Waals surface area contributed by atoms with Crippen LogP contribution in [-0.2, 0) is 14.3 Å². The largest absolute Gasteiger partial charge is 0.466 e. The molecule has 4 atom stereocenters. The lowest BCUT2D eigenvalue weighted by Crippen LogP contribution is -2.42. The van der Waals surface area contributed by atoms with Crippen LogP contribution in [0.25, 0.3) is 0 Å². The maximum absolute atomic E-state index is 11.9. The van der Waals surface area contributed by atoms with Gasteiger partial charge in [-0.2, -0.15) is 0 Å². The van der Waals surface area contributed by atoms with E-state index in [1.807, 2.05) is 0 Å². The summed E-state index contributed by atoms with van der Waals surface area (Å²) in [4.78, 5) is 22.9. The Kier molecular flexibility index (Phi) is 4.09. The summed E-state index contributed by atoms with van der Waals surface area (Å²) in [7, 11) is 0. The summed E-state index contributed by atoms with van der Waals surface area (Å²) in [5.74, 6) is 1.18. The standard InChI is InChI=1S/C23H28O3/c1-15(24)26-13-10-16-5-7-20-19-6-4-17-14-18(25)8-11-23(17,3)21(19)9-12-22(16,20)2/h4-5,8-9,11,19-20H,6-7,10,12-14H2,1-3H3/t19-,20-,22+,23-/m0/s1. The number of ketones is 1. The maximum Gasteiger partial charge on any atom is 0.302 e. The molecule has 138 valence electrons. The van der Waals surface area contributed by atoms with Crippen molar-refractivity contribution in [2.75, 3.05) is 6.61 Å². The van der Waals surface area contributed by atoms with E-state index in [9.17, 15) is 9.59 Å². The van der Waals surface area contributed by atoms with Crippen LogP contribution in [0.3, 0.4) is 0 Å². The molecule has 0 aromatic rings. The molecular formula is C23H28O3. The van der Waals surface area contributed by atoms with E-state index in [4.69, 9.17) is 4.74 Å². The number of rotatable bonds is 3. The summed E-state index contributed by atoms with van der Waals surface area (Å²) < 4.78 is 5.19. The van der Waals surface area contributed by atoms with Crippen LogP contribution >= 0.6 is 0 Å². The molecule has 4 rings (SSSR count). The zero-order valence-corrected chi connectivity index (χ0v) is 16.0. The third kappa shape index (κ3) is 2.55. The highest BCUT2D eigenvalue weighted by atomic mass is 16.5. The molecule has 26 heavy (non-hydrogen) atoms. The number of ether oxygens (including phenoxy) is 1. The van der Waals surface area contributed by atoms with E-state index in [0.29, 0.717) is 24.9 Å². The van der Waals surface area contributed by atoms with Crippen LogP contribution in [0, 0.1) is 22.7 Å². The summed E-state index contributed by atoms with van der Waals surface area (Å²) in [6, 6.07) is 0. The lowest BCUT2D eigenvalue weighted by Gasteiger charge is -2.51. The Labute approximate surface area is 155 Å². The van der Waals surface area contributed by atoms with Gasteiger partial charge in [-0.15, -0.1) is 0 Å². The SMILES string of the molecule is CC(=O)OCCC1=CC[C@H]2[C@@H]3CC=C4CC(=O)C=C[C@]4(C)C3=CC[C@]12C.